The lowest BCUT2D eigenvalue weighted by Crippen LogP contribution is -2.46. The predicted octanol–water partition coefficient (Wildman–Crippen LogP) is 2.24. The lowest BCUT2D eigenvalue weighted by molar-refractivity contribution is -0.129. The largest absolute Gasteiger partial charge is 0.381 e. The van der Waals surface area contributed by atoms with Crippen molar-refractivity contribution in [1.29, 1.82) is 0 Å². The Balaban J connectivity index is 2.38. The van der Waals surface area contributed by atoms with E-state index in [1.165, 1.54) is 0 Å². The van der Waals surface area contributed by atoms with Crippen LogP contribution in [0.15, 0.2) is 28.7 Å². The summed E-state index contributed by atoms with van der Waals surface area (Å²) in [5.41, 5.74) is 0.650. The number of likely N-dealkylation sites (N-methyl/N-ethyl adjacent to an activating group) is 1. The van der Waals surface area contributed by atoms with Crippen molar-refractivity contribution in [3.05, 3.63) is 34.3 Å². The first-order chi connectivity index (χ1) is 8.19. The highest BCUT2D eigenvalue weighted by molar-refractivity contribution is 9.10. The van der Waals surface area contributed by atoms with Crippen molar-refractivity contribution in [2.45, 2.75) is 18.3 Å². The number of ether oxygens (including phenoxy) is 1. The molecular formula is C13H16BrNO2. The fourth-order valence-electron chi connectivity index (χ4n) is 2.37. The topological polar surface area (TPSA) is 38.3 Å². The van der Waals surface area contributed by atoms with Gasteiger partial charge in [-0.25, -0.2) is 0 Å². The van der Waals surface area contributed by atoms with Gasteiger partial charge in [-0.1, -0.05) is 28.1 Å². The van der Waals surface area contributed by atoms with Crippen LogP contribution in [-0.4, -0.2) is 26.2 Å². The van der Waals surface area contributed by atoms with E-state index in [1.54, 1.807) is 7.05 Å². The Bertz CT molecular complexity index is 396. The van der Waals surface area contributed by atoms with Crippen molar-refractivity contribution in [3.8, 4) is 0 Å². The second kappa shape index (κ2) is 5.19. The minimum atomic E-state index is -0.423. The molecule has 1 fully saturated rings. The van der Waals surface area contributed by atoms with Gasteiger partial charge in [0.1, 0.15) is 0 Å². The van der Waals surface area contributed by atoms with E-state index < -0.39 is 5.41 Å². The summed E-state index contributed by atoms with van der Waals surface area (Å²) in [4.78, 5) is 12.2. The molecule has 1 aromatic carbocycles. The third kappa shape index (κ3) is 2.38. The normalized spacial score (nSPS) is 18.7. The first-order valence-corrected chi connectivity index (χ1v) is 6.54. The van der Waals surface area contributed by atoms with Gasteiger partial charge in [-0.3, -0.25) is 4.79 Å². The third-order valence-electron chi connectivity index (χ3n) is 3.40. The molecule has 0 aliphatic carbocycles. The van der Waals surface area contributed by atoms with E-state index in [1.807, 2.05) is 24.3 Å². The van der Waals surface area contributed by atoms with Crippen LogP contribution in [0.4, 0.5) is 0 Å². The minimum absolute atomic E-state index is 0.0862. The molecule has 3 nitrogen and oxygen atoms in total. The van der Waals surface area contributed by atoms with Crippen molar-refractivity contribution in [2.75, 3.05) is 20.3 Å². The molecule has 1 N–H and O–H groups in total. The van der Waals surface area contributed by atoms with E-state index in [-0.39, 0.29) is 5.91 Å². The molecule has 0 atom stereocenters. The Morgan fingerprint density at radius 2 is 1.88 bits per heavy atom. The number of carbonyl (C=O) groups is 1. The van der Waals surface area contributed by atoms with Crippen LogP contribution in [0.2, 0.25) is 0 Å². The fraction of sp³-hybridized carbons (Fsp3) is 0.462. The van der Waals surface area contributed by atoms with Crippen LogP contribution in [-0.2, 0) is 14.9 Å². The van der Waals surface area contributed by atoms with Crippen LogP contribution in [0.25, 0.3) is 0 Å². The monoisotopic (exact) mass is 297 g/mol. The van der Waals surface area contributed by atoms with Gasteiger partial charge in [-0.05, 0) is 30.5 Å². The zero-order valence-corrected chi connectivity index (χ0v) is 11.4. The molecule has 2 rings (SSSR count). The van der Waals surface area contributed by atoms with Gasteiger partial charge >= 0.3 is 0 Å². The second-order valence-corrected chi connectivity index (χ2v) is 5.20. The number of carbonyl (C=O) groups excluding carboxylic acids is 1. The maximum Gasteiger partial charge on any atom is 0.230 e. The van der Waals surface area contributed by atoms with E-state index in [0.29, 0.717) is 13.2 Å². The fourth-order valence-corrected chi connectivity index (χ4v) is 2.64. The molecule has 1 heterocycles. The Morgan fingerprint density at radius 1 is 1.29 bits per heavy atom. The molecule has 0 unspecified atom stereocenters. The van der Waals surface area contributed by atoms with Crippen molar-refractivity contribution in [1.82, 2.24) is 5.32 Å². The lowest BCUT2D eigenvalue weighted by Gasteiger charge is -2.35. The molecule has 4 heteroatoms. The molecular weight excluding hydrogens is 282 g/mol. The van der Waals surface area contributed by atoms with Gasteiger partial charge in [-0.2, -0.15) is 0 Å². The molecule has 1 amide bonds. The number of nitrogens with one attached hydrogen (secondary N) is 1. The first-order valence-electron chi connectivity index (χ1n) is 5.75. The highest BCUT2D eigenvalue weighted by Gasteiger charge is 2.40. The summed E-state index contributed by atoms with van der Waals surface area (Å²) in [6, 6.07) is 8.00. The van der Waals surface area contributed by atoms with Gasteiger partial charge in [0, 0.05) is 24.7 Å². The van der Waals surface area contributed by atoms with Gasteiger partial charge < -0.3 is 10.1 Å². The Morgan fingerprint density at radius 3 is 2.41 bits per heavy atom. The van der Waals surface area contributed by atoms with Crippen molar-refractivity contribution in [2.24, 2.45) is 0 Å². The first kappa shape index (κ1) is 12.6. The summed E-state index contributed by atoms with van der Waals surface area (Å²) in [7, 11) is 1.69. The minimum Gasteiger partial charge on any atom is -0.381 e. The average Bonchev–Trinajstić information content (AvgIpc) is 2.39. The summed E-state index contributed by atoms with van der Waals surface area (Å²) >= 11 is 3.42. The molecule has 0 aromatic heterocycles. The molecule has 0 radical (unpaired) electrons. The zero-order chi connectivity index (χ0) is 12.3. The molecule has 0 saturated carbocycles. The molecule has 1 saturated heterocycles. The van der Waals surface area contributed by atoms with Gasteiger partial charge in [0.15, 0.2) is 0 Å². The molecule has 92 valence electrons. The van der Waals surface area contributed by atoms with E-state index in [0.717, 1.165) is 22.9 Å². The Hall–Kier alpha value is -0.870. The molecule has 1 aliphatic rings. The molecule has 0 spiro atoms. The maximum atomic E-state index is 12.2. The number of amides is 1. The molecule has 1 aromatic rings. The lowest BCUT2D eigenvalue weighted by atomic mass is 9.73. The van der Waals surface area contributed by atoms with Crippen molar-refractivity contribution in [3.63, 3.8) is 0 Å². The highest BCUT2D eigenvalue weighted by atomic mass is 79.9. The molecule has 0 bridgehead atoms. The smallest absolute Gasteiger partial charge is 0.230 e. The van der Waals surface area contributed by atoms with Crippen LogP contribution in [0.3, 0.4) is 0 Å². The van der Waals surface area contributed by atoms with Gasteiger partial charge in [0.25, 0.3) is 0 Å². The predicted molar refractivity (Wildman–Crippen MR) is 69.9 cm³/mol. The van der Waals surface area contributed by atoms with Crippen LogP contribution in [0.5, 0.6) is 0 Å². The van der Waals surface area contributed by atoms with Crippen molar-refractivity contribution >= 4 is 21.8 Å². The number of benzene rings is 1. The van der Waals surface area contributed by atoms with Crippen LogP contribution >= 0.6 is 15.9 Å². The summed E-state index contributed by atoms with van der Waals surface area (Å²) in [6.45, 7) is 1.28. The Labute approximate surface area is 110 Å². The Kier molecular flexibility index (Phi) is 3.84. The van der Waals surface area contributed by atoms with E-state index in [2.05, 4.69) is 21.2 Å². The number of rotatable bonds is 2. The summed E-state index contributed by atoms with van der Waals surface area (Å²) in [5, 5.41) is 2.78. The van der Waals surface area contributed by atoms with E-state index in [4.69, 9.17) is 4.74 Å². The second-order valence-electron chi connectivity index (χ2n) is 4.28. The summed E-state index contributed by atoms with van der Waals surface area (Å²) in [6.07, 6.45) is 1.49. The third-order valence-corrected chi connectivity index (χ3v) is 3.93. The number of halogens is 1. The van der Waals surface area contributed by atoms with E-state index >= 15 is 0 Å². The number of hydrogen-bond donors (Lipinski definition) is 1. The van der Waals surface area contributed by atoms with Crippen molar-refractivity contribution < 1.29 is 9.53 Å². The van der Waals surface area contributed by atoms with Gasteiger partial charge in [-0.15, -0.1) is 0 Å². The summed E-state index contributed by atoms with van der Waals surface area (Å²) < 4.78 is 6.40. The standard InChI is InChI=1S/C13H16BrNO2/c1-15-12(16)13(6-8-17-9-7-13)10-2-4-11(14)5-3-10/h2-5H,6-9H2,1H3,(H,15,16). The number of hydrogen-bond acceptors (Lipinski definition) is 2. The molecule has 17 heavy (non-hydrogen) atoms. The van der Waals surface area contributed by atoms with Gasteiger partial charge in [0.05, 0.1) is 5.41 Å². The van der Waals surface area contributed by atoms with Gasteiger partial charge in [0.2, 0.25) is 5.91 Å². The van der Waals surface area contributed by atoms with Crippen LogP contribution in [0, 0.1) is 0 Å². The van der Waals surface area contributed by atoms with E-state index in [9.17, 15) is 4.79 Å². The maximum absolute atomic E-state index is 12.2. The average molecular weight is 298 g/mol. The summed E-state index contributed by atoms with van der Waals surface area (Å²) in [5.74, 6) is 0.0862. The zero-order valence-electron chi connectivity index (χ0n) is 9.83. The SMILES string of the molecule is CNC(=O)C1(c2ccc(Br)cc2)CCOCC1. The molecule has 1 aliphatic heterocycles. The van der Waals surface area contributed by atoms with Crippen LogP contribution in [0.1, 0.15) is 18.4 Å². The van der Waals surface area contributed by atoms with Crippen LogP contribution < -0.4 is 5.32 Å². The highest BCUT2D eigenvalue weighted by Crippen LogP contribution is 2.35. The quantitative estimate of drug-likeness (QED) is 0.909.